The van der Waals surface area contributed by atoms with Gasteiger partial charge in [-0.25, -0.2) is 4.98 Å². The van der Waals surface area contributed by atoms with Gasteiger partial charge in [0.1, 0.15) is 5.65 Å². The van der Waals surface area contributed by atoms with Crippen molar-refractivity contribution in [3.8, 4) is 0 Å². The lowest BCUT2D eigenvalue weighted by Gasteiger charge is -2.24. The topological polar surface area (TPSA) is 29.3 Å². The molecule has 0 spiro atoms. The number of nitrogens with one attached hydrogen (secondary N) is 1. The fraction of sp³-hybridized carbons (Fsp3) is 0.533. The van der Waals surface area contributed by atoms with Gasteiger partial charge in [0, 0.05) is 31.4 Å². The first-order chi connectivity index (χ1) is 9.11. The first kappa shape index (κ1) is 14.4. The van der Waals surface area contributed by atoms with Gasteiger partial charge in [0.25, 0.3) is 0 Å². The maximum absolute atomic E-state index is 5.75. The number of halogens is 1. The third kappa shape index (κ3) is 4.22. The quantitative estimate of drug-likeness (QED) is 0.787. The van der Waals surface area contributed by atoms with Crippen molar-refractivity contribution in [3.05, 3.63) is 36.3 Å². The molecule has 0 radical (unpaired) electrons. The highest BCUT2D eigenvalue weighted by Gasteiger charge is 2.16. The number of fused-ring (bicyclic) bond motifs is 1. The molecular formula is C15H22ClN3. The van der Waals surface area contributed by atoms with E-state index >= 15 is 0 Å². The minimum atomic E-state index is 0.286. The van der Waals surface area contributed by atoms with Crippen LogP contribution in [0.2, 0.25) is 0 Å². The largest absolute Gasteiger partial charge is 0.311 e. The number of aromatic nitrogens is 2. The standard InChI is InChI=1S/C15H22ClN3/c1-15(2,7-5-8-16)12-17-10-13-11-19-9-4-3-6-14(19)18-13/h3-4,6,9,11,17H,5,7-8,10,12H2,1-2H3. The van der Waals surface area contributed by atoms with E-state index in [1.54, 1.807) is 0 Å². The van der Waals surface area contributed by atoms with E-state index in [-0.39, 0.29) is 5.41 Å². The number of hydrogen-bond acceptors (Lipinski definition) is 2. The predicted octanol–water partition coefficient (Wildman–Crippen LogP) is 3.47. The summed E-state index contributed by atoms with van der Waals surface area (Å²) in [5.41, 5.74) is 2.37. The third-order valence-corrected chi connectivity index (χ3v) is 3.58. The van der Waals surface area contributed by atoms with Crippen molar-refractivity contribution in [1.29, 1.82) is 0 Å². The molecule has 0 aliphatic carbocycles. The van der Waals surface area contributed by atoms with Crippen molar-refractivity contribution in [3.63, 3.8) is 0 Å². The van der Waals surface area contributed by atoms with Crippen LogP contribution in [-0.4, -0.2) is 21.8 Å². The van der Waals surface area contributed by atoms with Crippen LogP contribution in [-0.2, 0) is 6.54 Å². The Bertz CT molecular complexity index is 486. The summed E-state index contributed by atoms with van der Waals surface area (Å²) in [6.07, 6.45) is 6.32. The second-order valence-corrected chi connectivity index (χ2v) is 6.14. The molecule has 0 aromatic carbocycles. The lowest BCUT2D eigenvalue weighted by atomic mass is 9.88. The number of imidazole rings is 1. The smallest absolute Gasteiger partial charge is 0.137 e. The molecule has 0 saturated heterocycles. The molecule has 3 nitrogen and oxygen atoms in total. The average molecular weight is 280 g/mol. The Labute approximate surface area is 120 Å². The summed E-state index contributed by atoms with van der Waals surface area (Å²) < 4.78 is 2.05. The van der Waals surface area contributed by atoms with E-state index in [4.69, 9.17) is 11.6 Å². The highest BCUT2D eigenvalue weighted by molar-refractivity contribution is 6.17. The van der Waals surface area contributed by atoms with Crippen molar-refractivity contribution in [2.24, 2.45) is 5.41 Å². The van der Waals surface area contributed by atoms with E-state index in [1.807, 2.05) is 24.4 Å². The predicted molar refractivity (Wildman–Crippen MR) is 80.6 cm³/mol. The Hall–Kier alpha value is -1.06. The van der Waals surface area contributed by atoms with Crippen LogP contribution in [0.1, 0.15) is 32.4 Å². The fourth-order valence-corrected chi connectivity index (χ4v) is 2.37. The van der Waals surface area contributed by atoms with Gasteiger partial charge < -0.3 is 9.72 Å². The van der Waals surface area contributed by atoms with Gasteiger partial charge in [0.05, 0.1) is 5.69 Å². The molecule has 2 aromatic heterocycles. The minimum Gasteiger partial charge on any atom is -0.311 e. The summed E-state index contributed by atoms with van der Waals surface area (Å²) in [6.45, 7) is 6.34. The van der Waals surface area contributed by atoms with Crippen molar-refractivity contribution in [2.45, 2.75) is 33.2 Å². The lowest BCUT2D eigenvalue weighted by Crippen LogP contribution is -2.29. The van der Waals surface area contributed by atoms with E-state index in [2.05, 4.69) is 34.7 Å². The molecule has 0 unspecified atom stereocenters. The van der Waals surface area contributed by atoms with Gasteiger partial charge in [-0.15, -0.1) is 11.6 Å². The zero-order valence-corrected chi connectivity index (χ0v) is 12.5. The molecule has 0 aliphatic rings. The van der Waals surface area contributed by atoms with Gasteiger partial charge in [-0.2, -0.15) is 0 Å². The van der Waals surface area contributed by atoms with E-state index in [0.717, 1.165) is 43.2 Å². The van der Waals surface area contributed by atoms with Crippen molar-refractivity contribution < 1.29 is 0 Å². The maximum Gasteiger partial charge on any atom is 0.137 e. The second kappa shape index (κ2) is 6.40. The van der Waals surface area contributed by atoms with E-state index in [1.165, 1.54) is 0 Å². The molecule has 104 valence electrons. The zero-order valence-electron chi connectivity index (χ0n) is 11.7. The van der Waals surface area contributed by atoms with Crippen LogP contribution < -0.4 is 5.32 Å². The Morgan fingerprint density at radius 2 is 2.21 bits per heavy atom. The highest BCUT2D eigenvalue weighted by atomic mass is 35.5. The molecule has 1 N–H and O–H groups in total. The molecule has 0 atom stereocenters. The number of pyridine rings is 1. The molecule has 0 amide bonds. The van der Waals surface area contributed by atoms with Gasteiger partial charge in [0.15, 0.2) is 0 Å². The molecule has 19 heavy (non-hydrogen) atoms. The van der Waals surface area contributed by atoms with Crippen LogP contribution in [0.3, 0.4) is 0 Å². The maximum atomic E-state index is 5.75. The Kier molecular flexibility index (Phi) is 4.83. The van der Waals surface area contributed by atoms with Crippen molar-refractivity contribution in [2.75, 3.05) is 12.4 Å². The molecular weight excluding hydrogens is 258 g/mol. The van der Waals surface area contributed by atoms with Gasteiger partial charge in [-0.3, -0.25) is 0 Å². The monoisotopic (exact) mass is 279 g/mol. The summed E-state index contributed by atoms with van der Waals surface area (Å²) in [4.78, 5) is 4.57. The second-order valence-electron chi connectivity index (χ2n) is 5.76. The van der Waals surface area contributed by atoms with Gasteiger partial charge >= 0.3 is 0 Å². The molecule has 0 aliphatic heterocycles. The van der Waals surface area contributed by atoms with E-state index in [9.17, 15) is 0 Å². The molecule has 4 heteroatoms. The molecule has 2 rings (SSSR count). The van der Waals surface area contributed by atoms with Gasteiger partial charge in [-0.1, -0.05) is 19.9 Å². The fourth-order valence-electron chi connectivity index (χ4n) is 2.24. The van der Waals surface area contributed by atoms with Crippen LogP contribution in [0.4, 0.5) is 0 Å². The van der Waals surface area contributed by atoms with Crippen LogP contribution in [0.25, 0.3) is 5.65 Å². The van der Waals surface area contributed by atoms with Crippen LogP contribution in [0.5, 0.6) is 0 Å². The summed E-state index contributed by atoms with van der Waals surface area (Å²) >= 11 is 5.75. The van der Waals surface area contributed by atoms with Crippen molar-refractivity contribution >= 4 is 17.2 Å². The lowest BCUT2D eigenvalue weighted by molar-refractivity contribution is 0.311. The van der Waals surface area contributed by atoms with Crippen LogP contribution >= 0.6 is 11.6 Å². The minimum absolute atomic E-state index is 0.286. The summed E-state index contributed by atoms with van der Waals surface area (Å²) in [6, 6.07) is 6.05. The van der Waals surface area contributed by atoms with E-state index in [0.29, 0.717) is 0 Å². The summed E-state index contributed by atoms with van der Waals surface area (Å²) in [5.74, 6) is 0.746. The highest BCUT2D eigenvalue weighted by Crippen LogP contribution is 2.21. The summed E-state index contributed by atoms with van der Waals surface area (Å²) in [5, 5.41) is 3.49. The molecule has 0 fully saturated rings. The third-order valence-electron chi connectivity index (χ3n) is 3.31. The molecule has 0 saturated carbocycles. The van der Waals surface area contributed by atoms with Crippen molar-refractivity contribution in [1.82, 2.24) is 14.7 Å². The zero-order chi connectivity index (χ0) is 13.7. The van der Waals surface area contributed by atoms with Gasteiger partial charge in [0.2, 0.25) is 0 Å². The first-order valence-electron chi connectivity index (χ1n) is 6.80. The molecule has 0 bridgehead atoms. The normalized spacial score (nSPS) is 12.2. The number of nitrogens with zero attached hydrogens (tertiary/aromatic N) is 2. The number of hydrogen-bond donors (Lipinski definition) is 1. The Balaban J connectivity index is 1.85. The number of alkyl halides is 1. The molecule has 2 aromatic rings. The first-order valence-corrected chi connectivity index (χ1v) is 7.33. The van der Waals surface area contributed by atoms with Crippen LogP contribution in [0.15, 0.2) is 30.6 Å². The summed E-state index contributed by atoms with van der Waals surface area (Å²) in [7, 11) is 0. The van der Waals surface area contributed by atoms with Crippen LogP contribution in [0, 0.1) is 5.41 Å². The van der Waals surface area contributed by atoms with E-state index < -0.39 is 0 Å². The van der Waals surface area contributed by atoms with Gasteiger partial charge in [-0.05, 0) is 30.4 Å². The SMILES string of the molecule is CC(C)(CCCCl)CNCc1cn2ccccc2n1. The Morgan fingerprint density at radius 3 is 2.95 bits per heavy atom. The Morgan fingerprint density at radius 1 is 1.37 bits per heavy atom. The number of rotatable bonds is 7. The average Bonchev–Trinajstić information content (AvgIpc) is 2.78. The molecule has 2 heterocycles.